The van der Waals surface area contributed by atoms with Gasteiger partial charge in [-0.05, 0) is 49.9 Å². The lowest BCUT2D eigenvalue weighted by Gasteiger charge is -2.18. The molecule has 2 unspecified atom stereocenters. The molecule has 6 heteroatoms. The Labute approximate surface area is 154 Å². The van der Waals surface area contributed by atoms with Crippen LogP contribution in [-0.2, 0) is 9.59 Å². The van der Waals surface area contributed by atoms with Crippen molar-refractivity contribution in [3.05, 3.63) is 29.8 Å². The molecule has 0 aromatic heterocycles. The van der Waals surface area contributed by atoms with Crippen LogP contribution < -0.4 is 10.6 Å². The van der Waals surface area contributed by atoms with Crippen LogP contribution in [0.1, 0.15) is 62.7 Å². The van der Waals surface area contributed by atoms with Crippen molar-refractivity contribution in [2.24, 2.45) is 11.8 Å². The first-order chi connectivity index (χ1) is 12.4. The average Bonchev–Trinajstić information content (AvgIpc) is 3.13. The zero-order chi connectivity index (χ0) is 19.1. The van der Waals surface area contributed by atoms with Gasteiger partial charge in [-0.2, -0.15) is 0 Å². The highest BCUT2D eigenvalue weighted by Gasteiger charge is 2.24. The number of carboxylic acid groups (broad SMARTS) is 1. The minimum atomic E-state index is -1.09. The second kappa shape index (κ2) is 9.36. The minimum Gasteiger partial charge on any atom is -0.480 e. The van der Waals surface area contributed by atoms with Crippen molar-refractivity contribution >= 4 is 23.5 Å². The second-order valence-corrected chi connectivity index (χ2v) is 7.09. The Morgan fingerprint density at radius 2 is 1.77 bits per heavy atom. The number of hydrogen-bond donors (Lipinski definition) is 3. The normalized spacial score (nSPS) is 16.7. The van der Waals surface area contributed by atoms with Gasteiger partial charge in [-0.3, -0.25) is 14.4 Å². The predicted octanol–water partition coefficient (Wildman–Crippen LogP) is 3.43. The second-order valence-electron chi connectivity index (χ2n) is 7.09. The number of anilines is 1. The third-order valence-corrected chi connectivity index (χ3v) is 5.09. The molecule has 1 aromatic carbocycles. The molecule has 0 bridgehead atoms. The van der Waals surface area contributed by atoms with Crippen LogP contribution in [0.3, 0.4) is 0 Å². The number of carboxylic acids is 1. The molecule has 1 fully saturated rings. The van der Waals surface area contributed by atoms with Gasteiger partial charge in [0.05, 0.1) is 0 Å². The molecule has 6 nitrogen and oxygen atoms in total. The van der Waals surface area contributed by atoms with E-state index in [4.69, 9.17) is 5.11 Å². The Balaban J connectivity index is 1.91. The van der Waals surface area contributed by atoms with Crippen molar-refractivity contribution in [3.8, 4) is 0 Å². The number of benzene rings is 1. The van der Waals surface area contributed by atoms with Crippen LogP contribution in [0.4, 0.5) is 5.69 Å². The third-order valence-electron chi connectivity index (χ3n) is 5.09. The quantitative estimate of drug-likeness (QED) is 0.662. The summed E-state index contributed by atoms with van der Waals surface area (Å²) in [6.45, 7) is 3.44. The van der Waals surface area contributed by atoms with E-state index in [0.717, 1.165) is 12.8 Å². The maximum absolute atomic E-state index is 12.5. The first kappa shape index (κ1) is 19.9. The molecule has 142 valence electrons. The topological polar surface area (TPSA) is 95.5 Å². The zero-order valence-electron chi connectivity index (χ0n) is 15.5. The molecular weight excluding hydrogens is 332 g/mol. The Morgan fingerprint density at radius 1 is 1.15 bits per heavy atom. The Hall–Kier alpha value is -2.37. The standard InChI is InChI=1S/C20H28N2O4/c1-3-15(12-14-6-4-5-7-14)18(23)22-17-10-8-16(9-11-17)19(24)21-13(2)20(25)26/h8-11,13-15H,3-7,12H2,1-2H3,(H,21,24)(H,22,23)(H,25,26). The summed E-state index contributed by atoms with van der Waals surface area (Å²) in [7, 11) is 0. The van der Waals surface area contributed by atoms with Crippen LogP contribution in [0, 0.1) is 11.8 Å². The summed E-state index contributed by atoms with van der Waals surface area (Å²) in [5.41, 5.74) is 0.997. The van der Waals surface area contributed by atoms with Gasteiger partial charge in [-0.25, -0.2) is 0 Å². The molecule has 1 saturated carbocycles. The zero-order valence-corrected chi connectivity index (χ0v) is 15.5. The molecular formula is C20H28N2O4. The number of carbonyl (C=O) groups is 3. The monoisotopic (exact) mass is 360 g/mol. The summed E-state index contributed by atoms with van der Waals surface area (Å²) < 4.78 is 0. The van der Waals surface area contributed by atoms with Gasteiger partial charge in [0.15, 0.2) is 0 Å². The Bertz CT molecular complexity index is 636. The van der Waals surface area contributed by atoms with Crippen molar-refractivity contribution in [2.75, 3.05) is 5.32 Å². The van der Waals surface area contributed by atoms with E-state index in [1.54, 1.807) is 24.3 Å². The average molecular weight is 360 g/mol. The molecule has 0 spiro atoms. The van der Waals surface area contributed by atoms with Gasteiger partial charge >= 0.3 is 5.97 Å². The van der Waals surface area contributed by atoms with Crippen molar-refractivity contribution in [2.45, 2.75) is 58.4 Å². The fraction of sp³-hybridized carbons (Fsp3) is 0.550. The van der Waals surface area contributed by atoms with Gasteiger partial charge in [-0.15, -0.1) is 0 Å². The van der Waals surface area contributed by atoms with E-state index in [9.17, 15) is 14.4 Å². The SMILES string of the molecule is CCC(CC1CCCC1)C(=O)Nc1ccc(C(=O)NC(C)C(=O)O)cc1. The Morgan fingerprint density at radius 3 is 2.31 bits per heavy atom. The number of rotatable bonds is 8. The van der Waals surface area contributed by atoms with Gasteiger partial charge in [0.1, 0.15) is 6.04 Å². The number of aliphatic carboxylic acids is 1. The highest BCUT2D eigenvalue weighted by Crippen LogP contribution is 2.31. The van der Waals surface area contributed by atoms with Gasteiger partial charge in [-0.1, -0.05) is 32.6 Å². The van der Waals surface area contributed by atoms with E-state index in [1.165, 1.54) is 32.6 Å². The van der Waals surface area contributed by atoms with Crippen LogP contribution >= 0.6 is 0 Å². The summed E-state index contributed by atoms with van der Waals surface area (Å²) in [5.74, 6) is -0.845. The first-order valence-electron chi connectivity index (χ1n) is 9.35. The molecule has 26 heavy (non-hydrogen) atoms. The maximum atomic E-state index is 12.5. The number of hydrogen-bond acceptors (Lipinski definition) is 3. The van der Waals surface area contributed by atoms with Crippen LogP contribution in [0.15, 0.2) is 24.3 Å². The summed E-state index contributed by atoms with van der Waals surface area (Å²) in [5, 5.41) is 14.2. The molecule has 2 atom stereocenters. The molecule has 1 aliphatic carbocycles. The lowest BCUT2D eigenvalue weighted by Crippen LogP contribution is -2.38. The van der Waals surface area contributed by atoms with Crippen LogP contribution in [0.25, 0.3) is 0 Å². The fourth-order valence-electron chi connectivity index (χ4n) is 3.40. The van der Waals surface area contributed by atoms with E-state index >= 15 is 0 Å². The van der Waals surface area contributed by atoms with Crippen LogP contribution in [0.5, 0.6) is 0 Å². The van der Waals surface area contributed by atoms with Crippen molar-refractivity contribution in [3.63, 3.8) is 0 Å². The molecule has 3 N–H and O–H groups in total. The van der Waals surface area contributed by atoms with Crippen molar-refractivity contribution < 1.29 is 19.5 Å². The van der Waals surface area contributed by atoms with Gasteiger partial charge < -0.3 is 15.7 Å². The first-order valence-corrected chi connectivity index (χ1v) is 9.35. The molecule has 0 saturated heterocycles. The molecule has 0 aliphatic heterocycles. The molecule has 1 aromatic rings. The molecule has 0 radical (unpaired) electrons. The van der Waals surface area contributed by atoms with E-state index < -0.39 is 17.9 Å². The highest BCUT2D eigenvalue weighted by molar-refractivity contribution is 5.97. The number of carbonyl (C=O) groups excluding carboxylic acids is 2. The third kappa shape index (κ3) is 5.58. The van der Waals surface area contributed by atoms with E-state index in [-0.39, 0.29) is 11.8 Å². The van der Waals surface area contributed by atoms with Crippen molar-refractivity contribution in [1.82, 2.24) is 5.32 Å². The van der Waals surface area contributed by atoms with Crippen LogP contribution in [0.2, 0.25) is 0 Å². The number of nitrogens with one attached hydrogen (secondary N) is 2. The Kier molecular flexibility index (Phi) is 7.18. The van der Waals surface area contributed by atoms with Gasteiger partial charge in [0.2, 0.25) is 5.91 Å². The van der Waals surface area contributed by atoms with E-state index in [2.05, 4.69) is 10.6 Å². The smallest absolute Gasteiger partial charge is 0.325 e. The number of amides is 2. The van der Waals surface area contributed by atoms with Crippen molar-refractivity contribution in [1.29, 1.82) is 0 Å². The van der Waals surface area contributed by atoms with Crippen LogP contribution in [-0.4, -0.2) is 28.9 Å². The lowest BCUT2D eigenvalue weighted by atomic mass is 9.91. The van der Waals surface area contributed by atoms with Gasteiger partial charge in [0.25, 0.3) is 5.91 Å². The summed E-state index contributed by atoms with van der Waals surface area (Å²) in [6, 6.07) is 5.54. The largest absolute Gasteiger partial charge is 0.480 e. The fourth-order valence-corrected chi connectivity index (χ4v) is 3.40. The van der Waals surface area contributed by atoms with E-state index in [1.807, 2.05) is 6.92 Å². The minimum absolute atomic E-state index is 0.0116. The summed E-state index contributed by atoms with van der Waals surface area (Å²) >= 11 is 0. The highest BCUT2D eigenvalue weighted by atomic mass is 16.4. The maximum Gasteiger partial charge on any atom is 0.325 e. The molecule has 2 rings (SSSR count). The predicted molar refractivity (Wildman–Crippen MR) is 100.0 cm³/mol. The van der Waals surface area contributed by atoms with E-state index in [0.29, 0.717) is 17.2 Å². The molecule has 1 aliphatic rings. The van der Waals surface area contributed by atoms with Gasteiger partial charge in [0, 0.05) is 17.2 Å². The summed E-state index contributed by atoms with van der Waals surface area (Å²) in [6.07, 6.45) is 6.75. The molecule has 0 heterocycles. The summed E-state index contributed by atoms with van der Waals surface area (Å²) in [4.78, 5) is 35.3. The lowest BCUT2D eigenvalue weighted by molar-refractivity contribution is -0.138. The molecule has 2 amide bonds.